The van der Waals surface area contributed by atoms with E-state index < -0.39 is 67.9 Å². The summed E-state index contributed by atoms with van der Waals surface area (Å²) in [4.78, 5) is 13.8. The Hall–Kier alpha value is -1.58. The van der Waals surface area contributed by atoms with Gasteiger partial charge >= 0.3 is 5.97 Å². The van der Waals surface area contributed by atoms with E-state index in [0.29, 0.717) is 0 Å². The van der Waals surface area contributed by atoms with Crippen LogP contribution < -0.4 is 0 Å². The number of carbonyl (C=O) groups is 1. The zero-order valence-electron chi connectivity index (χ0n) is 13.9. The Balaban J connectivity index is 2.10. The first-order valence-corrected chi connectivity index (χ1v) is 7.96. The van der Waals surface area contributed by atoms with Crippen molar-refractivity contribution in [2.24, 2.45) is 5.11 Å². The fourth-order valence-corrected chi connectivity index (χ4v) is 2.65. The molecule has 2 rings (SSSR count). The minimum Gasteiger partial charge on any atom is -0.479 e. The maximum Gasteiger partial charge on any atom is 0.335 e. The number of nitrogens with zero attached hydrogens (tertiary/aromatic N) is 3. The molecule has 0 aromatic rings. The summed E-state index contributed by atoms with van der Waals surface area (Å²) in [5.41, 5.74) is 8.21. The van der Waals surface area contributed by atoms with Crippen LogP contribution in [-0.4, -0.2) is 112 Å². The average molecular weight is 395 g/mol. The second kappa shape index (κ2) is 9.57. The van der Waals surface area contributed by atoms with E-state index in [1.165, 1.54) is 0 Å². The van der Waals surface area contributed by atoms with Crippen molar-refractivity contribution in [1.29, 1.82) is 0 Å². The third-order valence-electron chi connectivity index (χ3n) is 4.07. The fraction of sp³-hybridized carbons (Fsp3) is 0.923. The van der Waals surface area contributed by atoms with Gasteiger partial charge in [0.15, 0.2) is 18.7 Å². The second-order valence-corrected chi connectivity index (χ2v) is 5.92. The molecule has 0 bridgehead atoms. The number of ether oxygens (including phenoxy) is 4. The van der Waals surface area contributed by atoms with Crippen molar-refractivity contribution >= 4 is 5.97 Å². The number of aliphatic hydroxyl groups is 5. The van der Waals surface area contributed by atoms with Crippen molar-refractivity contribution < 1.29 is 54.4 Å². The van der Waals surface area contributed by atoms with Gasteiger partial charge in [-0.15, -0.1) is 0 Å². The van der Waals surface area contributed by atoms with Gasteiger partial charge in [-0.2, -0.15) is 0 Å². The zero-order chi connectivity index (χ0) is 20.1. The fourth-order valence-electron chi connectivity index (χ4n) is 2.65. The molecule has 6 N–H and O–H groups in total. The lowest BCUT2D eigenvalue weighted by molar-refractivity contribution is -0.344. The molecule has 0 aromatic heterocycles. The molecule has 5 unspecified atom stereocenters. The topological polar surface area (TPSA) is 224 Å². The van der Waals surface area contributed by atoms with E-state index in [-0.39, 0.29) is 13.2 Å². The van der Waals surface area contributed by atoms with Crippen molar-refractivity contribution in [2.75, 3.05) is 19.8 Å². The maximum atomic E-state index is 11.3. The largest absolute Gasteiger partial charge is 0.479 e. The highest BCUT2D eigenvalue weighted by Crippen LogP contribution is 2.28. The molecule has 0 spiro atoms. The van der Waals surface area contributed by atoms with E-state index in [1.807, 2.05) is 0 Å². The van der Waals surface area contributed by atoms with E-state index in [9.17, 15) is 35.4 Å². The van der Waals surface area contributed by atoms with Crippen LogP contribution >= 0.6 is 0 Å². The van der Waals surface area contributed by atoms with Crippen LogP contribution in [0.5, 0.6) is 0 Å². The van der Waals surface area contributed by atoms with Crippen LogP contribution in [-0.2, 0) is 23.7 Å². The highest BCUT2D eigenvalue weighted by atomic mass is 16.7. The molecule has 2 aliphatic heterocycles. The molecule has 0 saturated carbocycles. The Bertz CT molecular complexity index is 560. The lowest BCUT2D eigenvalue weighted by Gasteiger charge is -2.43. The molecule has 0 aliphatic carbocycles. The van der Waals surface area contributed by atoms with Gasteiger partial charge in [-0.25, -0.2) is 4.79 Å². The van der Waals surface area contributed by atoms with Gasteiger partial charge in [0, 0.05) is 11.5 Å². The predicted molar refractivity (Wildman–Crippen MR) is 80.9 cm³/mol. The monoisotopic (exact) mass is 395 g/mol. The number of carboxylic acid groups (broad SMARTS) is 1. The maximum absolute atomic E-state index is 11.3. The highest BCUT2D eigenvalue weighted by Gasteiger charge is 2.51. The molecule has 2 saturated heterocycles. The van der Waals surface area contributed by atoms with Crippen molar-refractivity contribution in [3.8, 4) is 0 Å². The predicted octanol–water partition coefficient (Wildman–Crippen LogP) is -3.33. The Labute approximate surface area is 152 Å². The molecule has 9 atom stereocenters. The van der Waals surface area contributed by atoms with Crippen molar-refractivity contribution in [3.05, 3.63) is 10.4 Å². The number of rotatable bonds is 7. The summed E-state index contributed by atoms with van der Waals surface area (Å²) in [7, 11) is 0. The minimum atomic E-state index is -1.87. The van der Waals surface area contributed by atoms with Gasteiger partial charge in [-0.05, 0) is 5.53 Å². The van der Waals surface area contributed by atoms with Gasteiger partial charge in [0.2, 0.25) is 0 Å². The third kappa shape index (κ3) is 5.03. The molecule has 0 radical (unpaired) electrons. The lowest BCUT2D eigenvalue weighted by Crippen LogP contribution is -2.64. The highest BCUT2D eigenvalue weighted by molar-refractivity contribution is 5.73. The number of aliphatic carboxylic acids is 1. The van der Waals surface area contributed by atoms with Gasteiger partial charge in [-0.3, -0.25) is 0 Å². The first kappa shape index (κ1) is 21.7. The SMILES string of the molecule is [N-]=[N+]=NCCO[C@@H]1OC(C(=O)O)[C@@H](O)C(O[C@H]2OC[C@@H](O)C(O)C2O)C1O. The molecule has 14 nitrogen and oxygen atoms in total. The van der Waals surface area contributed by atoms with Crippen LogP contribution in [0.2, 0.25) is 0 Å². The molecule has 154 valence electrons. The number of hydrogen-bond donors (Lipinski definition) is 6. The molecule has 0 aromatic carbocycles. The normalized spacial score (nSPS) is 42.3. The summed E-state index contributed by atoms with van der Waals surface area (Å²) >= 11 is 0. The summed E-state index contributed by atoms with van der Waals surface area (Å²) in [5, 5.41) is 61.9. The number of carboxylic acids is 1. The minimum absolute atomic E-state index is 0.122. The first-order chi connectivity index (χ1) is 12.8. The first-order valence-electron chi connectivity index (χ1n) is 7.96. The Kier molecular flexibility index (Phi) is 7.69. The smallest absolute Gasteiger partial charge is 0.335 e. The summed E-state index contributed by atoms with van der Waals surface area (Å²) in [5.74, 6) is -1.56. The van der Waals surface area contributed by atoms with Crippen LogP contribution in [0.4, 0.5) is 0 Å². The average Bonchev–Trinajstić information content (AvgIpc) is 2.63. The quantitative estimate of drug-likeness (QED) is 0.108. The van der Waals surface area contributed by atoms with Crippen LogP contribution in [0, 0.1) is 0 Å². The van der Waals surface area contributed by atoms with Gasteiger partial charge < -0.3 is 49.6 Å². The molecule has 27 heavy (non-hydrogen) atoms. The van der Waals surface area contributed by atoms with Crippen molar-refractivity contribution in [3.63, 3.8) is 0 Å². The molecule has 2 fully saturated rings. The van der Waals surface area contributed by atoms with E-state index in [1.54, 1.807) is 0 Å². The Morgan fingerprint density at radius 1 is 1.11 bits per heavy atom. The van der Waals surface area contributed by atoms with Gasteiger partial charge in [0.05, 0.1) is 13.2 Å². The van der Waals surface area contributed by atoms with Crippen molar-refractivity contribution in [1.82, 2.24) is 0 Å². The molecule has 0 amide bonds. The van der Waals surface area contributed by atoms with Crippen LogP contribution in [0.15, 0.2) is 5.11 Å². The Morgan fingerprint density at radius 2 is 1.81 bits per heavy atom. The van der Waals surface area contributed by atoms with E-state index in [4.69, 9.17) is 24.5 Å². The van der Waals surface area contributed by atoms with E-state index in [2.05, 4.69) is 10.0 Å². The summed E-state index contributed by atoms with van der Waals surface area (Å²) in [6.07, 6.45) is -14.8. The molecule has 2 heterocycles. The van der Waals surface area contributed by atoms with Gasteiger partial charge in [0.25, 0.3) is 0 Å². The van der Waals surface area contributed by atoms with E-state index in [0.717, 1.165) is 0 Å². The van der Waals surface area contributed by atoms with Gasteiger partial charge in [0.1, 0.15) is 36.6 Å². The third-order valence-corrected chi connectivity index (χ3v) is 4.07. The number of aliphatic hydroxyl groups excluding tert-OH is 5. The molecular weight excluding hydrogens is 374 g/mol. The lowest BCUT2D eigenvalue weighted by atomic mass is 9.98. The van der Waals surface area contributed by atoms with E-state index >= 15 is 0 Å². The van der Waals surface area contributed by atoms with Crippen LogP contribution in [0.3, 0.4) is 0 Å². The molecule has 14 heteroatoms. The van der Waals surface area contributed by atoms with Crippen LogP contribution in [0.1, 0.15) is 0 Å². The van der Waals surface area contributed by atoms with Crippen LogP contribution in [0.25, 0.3) is 10.4 Å². The summed E-state index contributed by atoms with van der Waals surface area (Å²) in [6, 6.07) is 0. The standard InChI is InChI=1S/C13H21N3O11/c14-16-15-1-2-24-13-8(21)9(7(20)10(27-13)11(22)23)26-12-6(19)5(18)4(17)3-25-12/h4-10,12-13,17-21H,1-3H2,(H,22,23)/t4-,5?,6?,7+,8?,9?,10?,12-,13-/m1/s1. The summed E-state index contributed by atoms with van der Waals surface area (Å²) in [6.45, 7) is -0.732. The second-order valence-electron chi connectivity index (χ2n) is 5.92. The molecule has 2 aliphatic rings. The van der Waals surface area contributed by atoms with Gasteiger partial charge in [-0.1, -0.05) is 5.11 Å². The molecular formula is C13H21N3O11. The summed E-state index contributed by atoms with van der Waals surface area (Å²) < 4.78 is 20.4. The number of azide groups is 1. The van der Waals surface area contributed by atoms with Crippen molar-refractivity contribution in [2.45, 2.75) is 55.3 Å². The Morgan fingerprint density at radius 3 is 2.44 bits per heavy atom. The number of hydrogen-bond acceptors (Lipinski definition) is 11. The zero-order valence-corrected chi connectivity index (χ0v) is 13.9.